The summed E-state index contributed by atoms with van der Waals surface area (Å²) in [6, 6.07) is 0. The second-order valence-electron chi connectivity index (χ2n) is 22.2. The molecule has 0 aliphatic carbocycles. The van der Waals surface area contributed by atoms with E-state index in [4.69, 9.17) is 37.0 Å². The van der Waals surface area contributed by atoms with Crippen molar-refractivity contribution in [1.29, 1.82) is 0 Å². The van der Waals surface area contributed by atoms with Gasteiger partial charge in [0, 0.05) is 25.7 Å². The lowest BCUT2D eigenvalue weighted by atomic mass is 10.0. The predicted molar refractivity (Wildman–Crippen MR) is 312 cm³/mol. The van der Waals surface area contributed by atoms with Gasteiger partial charge < -0.3 is 33.8 Å². The SMILES string of the molecule is CCCCCCCCCCCCCCC(=O)OC[C@H](COP(=O)(O)OC[C@@H](O)COP(=O)(O)OC[C@@H](COC(=O)CCCCCCCCC)OC(=O)CCCCCCCCC)OC(=O)CCCCCCCCCCCCC(C)C. The van der Waals surface area contributed by atoms with Gasteiger partial charge in [-0.25, -0.2) is 9.13 Å². The maximum absolute atomic E-state index is 12.9. The highest BCUT2D eigenvalue weighted by molar-refractivity contribution is 7.47. The number of hydrogen-bond acceptors (Lipinski definition) is 15. The molecule has 0 saturated carbocycles. The van der Waals surface area contributed by atoms with Gasteiger partial charge in [-0.3, -0.25) is 37.3 Å². The zero-order chi connectivity index (χ0) is 58.5. The first-order valence-corrected chi connectivity index (χ1v) is 34.6. The van der Waals surface area contributed by atoms with Crippen LogP contribution < -0.4 is 0 Å². The van der Waals surface area contributed by atoms with Gasteiger partial charge >= 0.3 is 39.5 Å². The molecule has 0 aromatic carbocycles. The van der Waals surface area contributed by atoms with E-state index in [-0.39, 0.29) is 25.7 Å². The van der Waals surface area contributed by atoms with Crippen molar-refractivity contribution in [2.45, 2.75) is 316 Å². The lowest BCUT2D eigenvalue weighted by molar-refractivity contribution is -0.161. The molecule has 0 spiro atoms. The van der Waals surface area contributed by atoms with Crippen LogP contribution in [0.15, 0.2) is 0 Å². The van der Waals surface area contributed by atoms with Crippen molar-refractivity contribution in [3.05, 3.63) is 0 Å². The van der Waals surface area contributed by atoms with Gasteiger partial charge in [0.2, 0.25) is 0 Å². The molecule has 0 fully saturated rings. The topological polar surface area (TPSA) is 237 Å². The molecular weight excluding hydrogens is 1050 g/mol. The Balaban J connectivity index is 5.19. The Morgan fingerprint density at radius 2 is 0.582 bits per heavy atom. The minimum atomic E-state index is -4.94. The van der Waals surface area contributed by atoms with Crippen LogP contribution in [-0.4, -0.2) is 96.7 Å². The first kappa shape index (κ1) is 77.1. The van der Waals surface area contributed by atoms with Crippen molar-refractivity contribution in [2.75, 3.05) is 39.6 Å². The molecule has 0 radical (unpaired) electrons. The van der Waals surface area contributed by atoms with Gasteiger partial charge in [0.05, 0.1) is 26.4 Å². The number of esters is 4. The number of phosphoric acid groups is 2. The maximum Gasteiger partial charge on any atom is 0.472 e. The summed E-state index contributed by atoms with van der Waals surface area (Å²) in [4.78, 5) is 71.8. The Hall–Kier alpha value is -1.94. The van der Waals surface area contributed by atoms with Crippen molar-refractivity contribution in [3.8, 4) is 0 Å². The number of unbranched alkanes of at least 4 members (excludes halogenated alkanes) is 32. The first-order chi connectivity index (χ1) is 38.0. The molecule has 3 N–H and O–H groups in total. The summed E-state index contributed by atoms with van der Waals surface area (Å²) in [5, 5.41) is 10.5. The molecule has 0 saturated heterocycles. The number of carbonyl (C=O) groups is 4. The molecule has 2 unspecified atom stereocenters. The van der Waals surface area contributed by atoms with E-state index < -0.39 is 97.5 Å². The average Bonchev–Trinajstić information content (AvgIpc) is 3.41. The number of carbonyl (C=O) groups excluding carboxylic acids is 4. The molecule has 0 heterocycles. The third-order valence-electron chi connectivity index (χ3n) is 13.8. The summed E-state index contributed by atoms with van der Waals surface area (Å²) in [5.74, 6) is -1.39. The summed E-state index contributed by atoms with van der Waals surface area (Å²) < 4.78 is 67.6. The summed E-state index contributed by atoms with van der Waals surface area (Å²) >= 11 is 0. The molecule has 0 rings (SSSR count). The lowest BCUT2D eigenvalue weighted by Gasteiger charge is -2.21. The fraction of sp³-hybridized carbons (Fsp3) is 0.933. The van der Waals surface area contributed by atoms with Crippen molar-refractivity contribution in [1.82, 2.24) is 0 Å². The number of rotatable bonds is 60. The smallest absolute Gasteiger partial charge is 0.462 e. The summed E-state index contributed by atoms with van der Waals surface area (Å²) in [5.41, 5.74) is 0. The predicted octanol–water partition coefficient (Wildman–Crippen LogP) is 16.2. The molecule has 5 atom stereocenters. The third kappa shape index (κ3) is 55.0. The van der Waals surface area contributed by atoms with Crippen molar-refractivity contribution >= 4 is 39.5 Å². The lowest BCUT2D eigenvalue weighted by Crippen LogP contribution is -2.30. The van der Waals surface area contributed by atoms with Crippen LogP contribution >= 0.6 is 15.6 Å². The zero-order valence-corrected chi connectivity index (χ0v) is 52.3. The van der Waals surface area contributed by atoms with Crippen molar-refractivity contribution in [3.63, 3.8) is 0 Å². The Morgan fingerprint density at radius 1 is 0.342 bits per heavy atom. The summed E-state index contributed by atoms with van der Waals surface area (Å²) in [6.07, 6.45) is 36.4. The van der Waals surface area contributed by atoms with Crippen LogP contribution in [0.3, 0.4) is 0 Å². The van der Waals surface area contributed by atoms with Crippen LogP contribution in [0.4, 0.5) is 0 Å². The van der Waals surface area contributed by atoms with Crippen LogP contribution in [0.1, 0.15) is 298 Å². The maximum atomic E-state index is 12.9. The molecule has 79 heavy (non-hydrogen) atoms. The van der Waals surface area contributed by atoms with E-state index in [2.05, 4.69) is 34.6 Å². The van der Waals surface area contributed by atoms with Gasteiger partial charge in [-0.1, -0.05) is 247 Å². The van der Waals surface area contributed by atoms with Crippen LogP contribution in [0.2, 0.25) is 0 Å². The molecular formula is C60H116O17P2. The van der Waals surface area contributed by atoms with E-state index >= 15 is 0 Å². The highest BCUT2D eigenvalue weighted by Crippen LogP contribution is 2.45. The molecule has 0 aromatic heterocycles. The minimum Gasteiger partial charge on any atom is -0.462 e. The number of ether oxygens (including phenoxy) is 4. The minimum absolute atomic E-state index is 0.103. The van der Waals surface area contributed by atoms with Crippen molar-refractivity contribution in [2.24, 2.45) is 5.92 Å². The van der Waals surface area contributed by atoms with E-state index in [0.717, 1.165) is 121 Å². The molecule has 0 aromatic rings. The highest BCUT2D eigenvalue weighted by atomic mass is 31.2. The van der Waals surface area contributed by atoms with E-state index in [0.29, 0.717) is 25.7 Å². The van der Waals surface area contributed by atoms with Gasteiger partial charge in [-0.2, -0.15) is 0 Å². The van der Waals surface area contributed by atoms with Gasteiger partial charge in [0.15, 0.2) is 12.2 Å². The monoisotopic (exact) mass is 1170 g/mol. The molecule has 0 aliphatic heterocycles. The second kappa shape index (κ2) is 54.0. The zero-order valence-electron chi connectivity index (χ0n) is 50.5. The summed E-state index contributed by atoms with van der Waals surface area (Å²) in [6.45, 7) is 7.07. The molecule has 19 heteroatoms. The first-order valence-electron chi connectivity index (χ1n) is 31.6. The summed E-state index contributed by atoms with van der Waals surface area (Å²) in [7, 11) is -9.87. The van der Waals surface area contributed by atoms with E-state index in [1.54, 1.807) is 0 Å². The number of aliphatic hydroxyl groups is 1. The standard InChI is InChI=1S/C60H116O17P2/c1-6-9-12-15-18-19-20-21-25-30-34-39-44-58(63)71-50-56(77-60(65)46-41-36-31-26-23-22-24-29-32-37-42-53(4)5)52-75-79(68,69)73-48-54(61)47-72-78(66,67)74-51-55(76-59(64)45-40-35-28-17-14-11-8-3)49-70-57(62)43-38-33-27-16-13-10-7-2/h53-56,61H,6-52H2,1-5H3,(H,66,67)(H,68,69)/t54-,55+,56+/m0/s1. The molecule has 0 aliphatic rings. The number of phosphoric ester groups is 2. The largest absolute Gasteiger partial charge is 0.472 e. The highest BCUT2D eigenvalue weighted by Gasteiger charge is 2.30. The molecule has 468 valence electrons. The van der Waals surface area contributed by atoms with Gasteiger partial charge in [0.1, 0.15) is 19.3 Å². The normalized spacial score (nSPS) is 14.3. The van der Waals surface area contributed by atoms with Crippen LogP contribution in [-0.2, 0) is 65.4 Å². The Labute approximate surface area is 479 Å². The van der Waals surface area contributed by atoms with Gasteiger partial charge in [-0.15, -0.1) is 0 Å². The Bertz CT molecular complexity index is 1550. The molecule has 0 amide bonds. The van der Waals surface area contributed by atoms with Crippen molar-refractivity contribution < 1.29 is 80.2 Å². The molecule has 17 nitrogen and oxygen atoms in total. The Kier molecular flexibility index (Phi) is 52.7. The fourth-order valence-electron chi connectivity index (χ4n) is 8.88. The second-order valence-corrected chi connectivity index (χ2v) is 25.1. The molecule has 0 bridgehead atoms. The average molecular weight is 1170 g/mol. The van der Waals surface area contributed by atoms with E-state index in [1.165, 1.54) is 96.3 Å². The van der Waals surface area contributed by atoms with E-state index in [1.807, 2.05) is 0 Å². The fourth-order valence-corrected chi connectivity index (χ4v) is 10.5. The number of hydrogen-bond donors (Lipinski definition) is 3. The van der Waals surface area contributed by atoms with Gasteiger partial charge in [-0.05, 0) is 31.6 Å². The van der Waals surface area contributed by atoms with Crippen LogP contribution in [0, 0.1) is 5.92 Å². The quantitative estimate of drug-likeness (QED) is 0.0222. The van der Waals surface area contributed by atoms with Crippen LogP contribution in [0.25, 0.3) is 0 Å². The van der Waals surface area contributed by atoms with Gasteiger partial charge in [0.25, 0.3) is 0 Å². The third-order valence-corrected chi connectivity index (χ3v) is 15.7. The Morgan fingerprint density at radius 3 is 0.861 bits per heavy atom. The van der Waals surface area contributed by atoms with E-state index in [9.17, 15) is 43.2 Å². The number of aliphatic hydroxyl groups excluding tert-OH is 1. The van der Waals surface area contributed by atoms with Crippen LogP contribution in [0.5, 0.6) is 0 Å².